The van der Waals surface area contributed by atoms with Gasteiger partial charge in [0.1, 0.15) is 5.82 Å². The summed E-state index contributed by atoms with van der Waals surface area (Å²) in [6, 6.07) is 11.9. The van der Waals surface area contributed by atoms with Crippen molar-refractivity contribution >= 4 is 36.9 Å². The zero-order valence-corrected chi connectivity index (χ0v) is 22.3. The molecular formula is C26H36N8O3S. The fourth-order valence-electron chi connectivity index (χ4n) is 4.35. The van der Waals surface area contributed by atoms with Crippen LogP contribution in [0.1, 0.15) is 12.0 Å². The maximum Gasteiger partial charge on any atom is 0.317 e. The van der Waals surface area contributed by atoms with Crippen molar-refractivity contribution in [3.05, 3.63) is 60.6 Å². The molecule has 1 atom stereocenters. The van der Waals surface area contributed by atoms with Crippen LogP contribution >= 0.6 is 13.5 Å². The van der Waals surface area contributed by atoms with Crippen molar-refractivity contribution in [3.63, 3.8) is 0 Å². The normalized spacial score (nSPS) is 16.0. The van der Waals surface area contributed by atoms with Crippen LogP contribution in [0.3, 0.4) is 0 Å². The number of aliphatic hydroxyl groups is 1. The molecule has 0 amide bonds. The minimum atomic E-state index is -0.846. The van der Waals surface area contributed by atoms with Crippen LogP contribution in [0.15, 0.2) is 55.0 Å². The predicted molar refractivity (Wildman–Crippen MR) is 153 cm³/mol. The summed E-state index contributed by atoms with van der Waals surface area (Å²) in [5.74, 6) is 0.435. The largest absolute Gasteiger partial charge is 0.480 e. The summed E-state index contributed by atoms with van der Waals surface area (Å²) in [7, 11) is 0. The molecule has 0 spiro atoms. The van der Waals surface area contributed by atoms with Crippen molar-refractivity contribution < 1.29 is 15.0 Å². The fourth-order valence-corrected chi connectivity index (χ4v) is 4.35. The highest BCUT2D eigenvalue weighted by molar-refractivity contribution is 7.59. The van der Waals surface area contributed by atoms with Crippen molar-refractivity contribution in [1.29, 1.82) is 0 Å². The van der Waals surface area contributed by atoms with E-state index in [2.05, 4.69) is 36.6 Å². The molecule has 2 aromatic heterocycles. The molecule has 1 aliphatic heterocycles. The number of benzene rings is 1. The van der Waals surface area contributed by atoms with E-state index >= 15 is 0 Å². The summed E-state index contributed by atoms with van der Waals surface area (Å²) in [4.78, 5) is 28.3. The number of carbonyl (C=O) groups is 1. The molecule has 1 unspecified atom stereocenters. The molecule has 0 radical (unpaired) electrons. The number of anilines is 3. The number of nitrogens with two attached hydrogens (primary N) is 1. The van der Waals surface area contributed by atoms with E-state index in [0.29, 0.717) is 44.5 Å². The molecule has 12 heteroatoms. The number of rotatable bonds is 12. The predicted octanol–water partition coefficient (Wildman–Crippen LogP) is 1.72. The van der Waals surface area contributed by atoms with Gasteiger partial charge in [-0.2, -0.15) is 13.5 Å². The quantitative estimate of drug-likeness (QED) is 0.213. The molecule has 1 fully saturated rings. The zero-order valence-electron chi connectivity index (χ0n) is 21.3. The molecular weight excluding hydrogens is 504 g/mol. The average molecular weight is 541 g/mol. The first kappa shape index (κ1) is 29.3. The van der Waals surface area contributed by atoms with Gasteiger partial charge in [0.05, 0.1) is 13.2 Å². The highest BCUT2D eigenvalue weighted by atomic mass is 32.1. The third-order valence-corrected chi connectivity index (χ3v) is 6.25. The van der Waals surface area contributed by atoms with E-state index in [4.69, 9.17) is 10.8 Å². The van der Waals surface area contributed by atoms with Gasteiger partial charge in [-0.05, 0) is 48.4 Å². The monoisotopic (exact) mass is 540 g/mol. The molecule has 0 saturated carbocycles. The van der Waals surface area contributed by atoms with Crippen LogP contribution in [0, 0.1) is 0 Å². The second-order valence-electron chi connectivity index (χ2n) is 9.06. The van der Waals surface area contributed by atoms with E-state index in [-0.39, 0.29) is 32.7 Å². The van der Waals surface area contributed by atoms with Crippen LogP contribution in [-0.4, -0.2) is 92.9 Å². The maximum atomic E-state index is 11.0. The standard InChI is InChI=1S/C26H34N8O3.H2S/c27-6-2-7-29-26-30-13-21(14-31-26)20-5-8-28-24(12-20)32-22-4-1-3-19(11-22)15-34-10-9-33(17-25(36)37)16-23(34)18-35;/h1,3-5,8,11-14,23,35H,2,6-7,9-10,15-18,27H2,(H,28,32)(H,36,37)(H,29,30,31);1H2. The average Bonchev–Trinajstić information content (AvgIpc) is 2.90. The Labute approximate surface area is 229 Å². The Morgan fingerprint density at radius 1 is 1.11 bits per heavy atom. The SMILES string of the molecule is NCCCNc1ncc(-c2ccnc(Nc3cccc(CN4CCN(CC(=O)O)CC4CO)c3)c2)cn1.S. The number of aliphatic hydroxyl groups excluding tert-OH is 1. The minimum Gasteiger partial charge on any atom is -0.480 e. The van der Waals surface area contributed by atoms with Gasteiger partial charge < -0.3 is 26.6 Å². The number of nitrogens with one attached hydrogen (secondary N) is 2. The summed E-state index contributed by atoms with van der Waals surface area (Å²) in [6.07, 6.45) is 6.17. The minimum absolute atomic E-state index is 0. The molecule has 3 aromatic rings. The van der Waals surface area contributed by atoms with Crippen LogP contribution in [0.4, 0.5) is 17.5 Å². The number of hydrogen-bond donors (Lipinski definition) is 5. The van der Waals surface area contributed by atoms with Gasteiger partial charge in [0.2, 0.25) is 5.95 Å². The lowest BCUT2D eigenvalue weighted by molar-refractivity contribution is -0.139. The molecule has 204 valence electrons. The van der Waals surface area contributed by atoms with Crippen molar-refractivity contribution in [2.45, 2.75) is 19.0 Å². The summed E-state index contributed by atoms with van der Waals surface area (Å²) < 4.78 is 0. The Hall–Kier alpha value is -3.29. The van der Waals surface area contributed by atoms with Gasteiger partial charge in [0.15, 0.2) is 0 Å². The Morgan fingerprint density at radius 2 is 1.92 bits per heavy atom. The number of hydrogen-bond acceptors (Lipinski definition) is 10. The number of pyridine rings is 1. The first-order chi connectivity index (χ1) is 18.0. The van der Waals surface area contributed by atoms with E-state index in [0.717, 1.165) is 35.3 Å². The van der Waals surface area contributed by atoms with Crippen molar-refractivity contribution in [2.75, 3.05) is 56.5 Å². The van der Waals surface area contributed by atoms with Gasteiger partial charge in [-0.3, -0.25) is 14.6 Å². The van der Waals surface area contributed by atoms with E-state index < -0.39 is 5.97 Å². The van der Waals surface area contributed by atoms with Crippen LogP contribution in [0.2, 0.25) is 0 Å². The molecule has 4 rings (SSSR count). The lowest BCUT2D eigenvalue weighted by atomic mass is 10.1. The smallest absolute Gasteiger partial charge is 0.317 e. The molecule has 1 aromatic carbocycles. The summed E-state index contributed by atoms with van der Waals surface area (Å²) in [5.41, 5.74) is 9.36. The van der Waals surface area contributed by atoms with Crippen LogP contribution in [0.25, 0.3) is 11.1 Å². The van der Waals surface area contributed by atoms with Crippen LogP contribution in [0.5, 0.6) is 0 Å². The molecule has 1 saturated heterocycles. The van der Waals surface area contributed by atoms with E-state index in [9.17, 15) is 9.90 Å². The van der Waals surface area contributed by atoms with Gasteiger partial charge in [0.25, 0.3) is 0 Å². The van der Waals surface area contributed by atoms with Gasteiger partial charge in [0, 0.05) is 68.6 Å². The van der Waals surface area contributed by atoms with Crippen molar-refractivity contribution in [2.24, 2.45) is 5.73 Å². The summed E-state index contributed by atoms with van der Waals surface area (Å²) in [5, 5.41) is 25.5. The number of aliphatic carboxylic acids is 1. The summed E-state index contributed by atoms with van der Waals surface area (Å²) in [6.45, 7) is 3.89. The number of nitrogens with zero attached hydrogens (tertiary/aromatic N) is 5. The summed E-state index contributed by atoms with van der Waals surface area (Å²) >= 11 is 0. The first-order valence-corrected chi connectivity index (χ1v) is 12.4. The van der Waals surface area contributed by atoms with Crippen molar-refractivity contribution in [3.8, 4) is 11.1 Å². The van der Waals surface area contributed by atoms with Gasteiger partial charge in [-0.25, -0.2) is 15.0 Å². The Morgan fingerprint density at radius 3 is 2.66 bits per heavy atom. The van der Waals surface area contributed by atoms with Gasteiger partial charge in [-0.15, -0.1) is 0 Å². The molecule has 3 heterocycles. The maximum absolute atomic E-state index is 11.0. The number of aromatic nitrogens is 3. The third kappa shape index (κ3) is 8.36. The van der Waals surface area contributed by atoms with Gasteiger partial charge >= 0.3 is 5.97 Å². The Balaban J connectivity index is 0.00000400. The lowest BCUT2D eigenvalue weighted by Crippen LogP contribution is -2.55. The number of carboxylic acid groups (broad SMARTS) is 1. The van der Waals surface area contributed by atoms with Gasteiger partial charge in [-0.1, -0.05) is 12.1 Å². The Bertz CT molecular complexity index is 1170. The molecule has 1 aliphatic rings. The lowest BCUT2D eigenvalue weighted by Gasteiger charge is -2.40. The number of carboxylic acids is 1. The van der Waals surface area contributed by atoms with E-state index in [1.54, 1.807) is 18.6 Å². The first-order valence-electron chi connectivity index (χ1n) is 12.4. The molecule has 0 aliphatic carbocycles. The van der Waals surface area contributed by atoms with E-state index in [1.807, 2.05) is 35.2 Å². The second-order valence-corrected chi connectivity index (χ2v) is 9.06. The van der Waals surface area contributed by atoms with Crippen molar-refractivity contribution in [1.82, 2.24) is 24.8 Å². The van der Waals surface area contributed by atoms with Crippen LogP contribution in [-0.2, 0) is 11.3 Å². The molecule has 0 bridgehead atoms. The number of piperazine rings is 1. The molecule has 6 N–H and O–H groups in total. The highest BCUT2D eigenvalue weighted by Crippen LogP contribution is 2.24. The second kappa shape index (κ2) is 14.6. The highest BCUT2D eigenvalue weighted by Gasteiger charge is 2.27. The molecule has 11 nitrogen and oxygen atoms in total. The van der Waals surface area contributed by atoms with E-state index in [1.165, 1.54) is 0 Å². The topological polar surface area (TPSA) is 153 Å². The van der Waals surface area contributed by atoms with Crippen LogP contribution < -0.4 is 16.4 Å². The third-order valence-electron chi connectivity index (χ3n) is 6.25. The zero-order chi connectivity index (χ0) is 26.0. The fraction of sp³-hybridized carbons (Fsp3) is 0.385. The Kier molecular flexibility index (Phi) is 11.2. The molecule has 38 heavy (non-hydrogen) atoms.